The molecule has 0 aromatic carbocycles. The number of amides is 1. The van der Waals surface area contributed by atoms with Gasteiger partial charge in [-0.15, -0.1) is 12.4 Å². The van der Waals surface area contributed by atoms with Crippen LogP contribution in [0.15, 0.2) is 12.4 Å². The third kappa shape index (κ3) is 3.33. The number of carbonyl (C=O) groups is 1. The predicted octanol–water partition coefficient (Wildman–Crippen LogP) is 1.88. The van der Waals surface area contributed by atoms with Crippen LogP contribution in [0, 0.1) is 0 Å². The Morgan fingerprint density at radius 2 is 2.05 bits per heavy atom. The number of piperazine rings is 1. The van der Waals surface area contributed by atoms with Gasteiger partial charge in [-0.2, -0.15) is 5.10 Å². The van der Waals surface area contributed by atoms with E-state index in [2.05, 4.69) is 45.0 Å². The largest absolute Gasteiger partial charge is 0.333 e. The molecule has 0 saturated carbocycles. The van der Waals surface area contributed by atoms with Crippen LogP contribution in [0.4, 0.5) is 0 Å². The van der Waals surface area contributed by atoms with Crippen molar-refractivity contribution >= 4 is 18.3 Å². The molecule has 2 heterocycles. The smallest absolute Gasteiger partial charge is 0.257 e. The second-order valence-corrected chi connectivity index (χ2v) is 6.33. The van der Waals surface area contributed by atoms with Gasteiger partial charge in [-0.3, -0.25) is 9.48 Å². The third-order valence-electron chi connectivity index (χ3n) is 3.81. The Hall–Kier alpha value is -1.07. The van der Waals surface area contributed by atoms with E-state index in [9.17, 15) is 4.79 Å². The molecule has 1 aromatic rings. The van der Waals surface area contributed by atoms with Gasteiger partial charge in [0.15, 0.2) is 0 Å². The maximum absolute atomic E-state index is 12.5. The van der Waals surface area contributed by atoms with Crippen molar-refractivity contribution in [3.05, 3.63) is 18.0 Å². The van der Waals surface area contributed by atoms with Gasteiger partial charge in [-0.05, 0) is 34.6 Å². The van der Waals surface area contributed by atoms with E-state index >= 15 is 0 Å². The quantitative estimate of drug-likeness (QED) is 0.861. The molecule has 5 nitrogen and oxygen atoms in total. The Bertz CT molecular complexity index is 466. The molecule has 2 atom stereocenters. The van der Waals surface area contributed by atoms with Crippen molar-refractivity contribution in [3.63, 3.8) is 0 Å². The highest BCUT2D eigenvalue weighted by Crippen LogP contribution is 2.17. The van der Waals surface area contributed by atoms with Crippen LogP contribution < -0.4 is 5.32 Å². The number of carbonyl (C=O) groups excluding carboxylic acids is 1. The molecular weight excluding hydrogens is 276 g/mol. The highest BCUT2D eigenvalue weighted by molar-refractivity contribution is 5.94. The molecule has 0 aliphatic carbocycles. The van der Waals surface area contributed by atoms with E-state index < -0.39 is 0 Å². The fourth-order valence-corrected chi connectivity index (χ4v) is 2.31. The van der Waals surface area contributed by atoms with Crippen molar-refractivity contribution in [1.29, 1.82) is 0 Å². The van der Waals surface area contributed by atoms with Crippen molar-refractivity contribution in [3.8, 4) is 0 Å². The first-order chi connectivity index (χ1) is 8.80. The first-order valence-corrected chi connectivity index (χ1v) is 6.90. The number of nitrogens with zero attached hydrogens (tertiary/aromatic N) is 3. The second kappa shape index (κ2) is 6.14. The average Bonchev–Trinajstić information content (AvgIpc) is 2.81. The van der Waals surface area contributed by atoms with Crippen LogP contribution in [-0.4, -0.2) is 45.8 Å². The summed E-state index contributed by atoms with van der Waals surface area (Å²) in [5.74, 6) is 0.0800. The van der Waals surface area contributed by atoms with Crippen LogP contribution in [0.1, 0.15) is 45.0 Å². The first kappa shape index (κ1) is 17.0. The molecule has 1 fully saturated rings. The number of rotatable bonds is 1. The van der Waals surface area contributed by atoms with E-state index in [-0.39, 0.29) is 29.9 Å². The fraction of sp³-hybridized carbons (Fsp3) is 0.714. The van der Waals surface area contributed by atoms with Gasteiger partial charge in [-0.25, -0.2) is 0 Å². The fourth-order valence-electron chi connectivity index (χ4n) is 2.31. The van der Waals surface area contributed by atoms with E-state index in [0.717, 1.165) is 13.1 Å². The maximum Gasteiger partial charge on any atom is 0.257 e. The average molecular weight is 301 g/mol. The summed E-state index contributed by atoms with van der Waals surface area (Å²) in [4.78, 5) is 14.5. The molecule has 1 amide bonds. The Kier molecular flexibility index (Phi) is 5.21. The van der Waals surface area contributed by atoms with Crippen LogP contribution in [-0.2, 0) is 5.54 Å². The molecule has 114 valence electrons. The van der Waals surface area contributed by atoms with Gasteiger partial charge in [0.05, 0.1) is 17.3 Å². The van der Waals surface area contributed by atoms with Crippen LogP contribution in [0.25, 0.3) is 0 Å². The van der Waals surface area contributed by atoms with Crippen molar-refractivity contribution in [2.24, 2.45) is 0 Å². The van der Waals surface area contributed by atoms with Crippen molar-refractivity contribution < 1.29 is 4.79 Å². The third-order valence-corrected chi connectivity index (χ3v) is 3.81. The maximum atomic E-state index is 12.5. The minimum Gasteiger partial charge on any atom is -0.333 e. The summed E-state index contributed by atoms with van der Waals surface area (Å²) in [6, 6.07) is 0.537. The minimum absolute atomic E-state index is 0. The number of halogens is 1. The Balaban J connectivity index is 0.00000200. The molecule has 6 heteroatoms. The van der Waals surface area contributed by atoms with Crippen LogP contribution >= 0.6 is 12.4 Å². The van der Waals surface area contributed by atoms with E-state index in [1.54, 1.807) is 6.20 Å². The summed E-state index contributed by atoms with van der Waals surface area (Å²) in [6.45, 7) is 12.0. The highest BCUT2D eigenvalue weighted by atomic mass is 35.5. The van der Waals surface area contributed by atoms with Crippen LogP contribution in [0.2, 0.25) is 0 Å². The zero-order chi connectivity index (χ0) is 14.2. The summed E-state index contributed by atoms with van der Waals surface area (Å²) < 4.78 is 1.84. The zero-order valence-electron chi connectivity index (χ0n) is 12.9. The van der Waals surface area contributed by atoms with E-state index in [1.165, 1.54) is 0 Å². The number of hydrogen-bond acceptors (Lipinski definition) is 3. The van der Waals surface area contributed by atoms with Gasteiger partial charge in [0.25, 0.3) is 5.91 Å². The number of hydrogen-bond donors (Lipinski definition) is 1. The highest BCUT2D eigenvalue weighted by Gasteiger charge is 2.29. The molecule has 0 radical (unpaired) electrons. The lowest BCUT2D eigenvalue weighted by Crippen LogP contribution is -2.57. The minimum atomic E-state index is -0.0963. The molecule has 2 unspecified atom stereocenters. The molecule has 1 aromatic heterocycles. The molecule has 20 heavy (non-hydrogen) atoms. The van der Waals surface area contributed by atoms with Gasteiger partial charge in [0.2, 0.25) is 0 Å². The topological polar surface area (TPSA) is 50.2 Å². The lowest BCUT2D eigenvalue weighted by molar-refractivity contribution is 0.0602. The van der Waals surface area contributed by atoms with E-state index in [4.69, 9.17) is 0 Å². The SMILES string of the molecule is CC1NCCN(C(=O)c2cnn(C(C)(C)C)c2)C1C.Cl. The van der Waals surface area contributed by atoms with Crippen molar-refractivity contribution in [2.45, 2.75) is 52.2 Å². The number of nitrogens with one attached hydrogen (secondary N) is 1. The Morgan fingerprint density at radius 3 is 2.60 bits per heavy atom. The van der Waals surface area contributed by atoms with Gasteiger partial charge >= 0.3 is 0 Å². The summed E-state index contributed by atoms with van der Waals surface area (Å²) in [6.07, 6.45) is 3.52. The lowest BCUT2D eigenvalue weighted by Gasteiger charge is -2.38. The first-order valence-electron chi connectivity index (χ1n) is 6.90. The van der Waals surface area contributed by atoms with Gasteiger partial charge in [0, 0.05) is 31.4 Å². The van der Waals surface area contributed by atoms with E-state index in [0.29, 0.717) is 11.6 Å². The molecule has 0 spiro atoms. The molecule has 1 saturated heterocycles. The molecule has 2 rings (SSSR count). The lowest BCUT2D eigenvalue weighted by atomic mass is 10.1. The van der Waals surface area contributed by atoms with E-state index in [1.807, 2.05) is 15.8 Å². The summed E-state index contributed by atoms with van der Waals surface area (Å²) in [5.41, 5.74) is 0.580. The zero-order valence-corrected chi connectivity index (χ0v) is 13.7. The summed E-state index contributed by atoms with van der Waals surface area (Å²) in [7, 11) is 0. The van der Waals surface area contributed by atoms with Gasteiger partial charge in [-0.1, -0.05) is 0 Å². The summed E-state index contributed by atoms with van der Waals surface area (Å²) >= 11 is 0. The van der Waals surface area contributed by atoms with Gasteiger partial charge < -0.3 is 10.2 Å². The molecule has 0 bridgehead atoms. The van der Waals surface area contributed by atoms with Gasteiger partial charge in [0.1, 0.15) is 0 Å². The van der Waals surface area contributed by atoms with Crippen molar-refractivity contribution in [1.82, 2.24) is 20.0 Å². The Morgan fingerprint density at radius 1 is 1.40 bits per heavy atom. The normalized spacial score (nSPS) is 23.4. The standard InChI is InChI=1S/C14H24N4O.ClH/c1-10-11(2)17(7-6-15-10)13(19)12-8-16-18(9-12)14(3,4)5;/h8-11,15H,6-7H2,1-5H3;1H. The Labute approximate surface area is 127 Å². The molecule has 1 aliphatic rings. The van der Waals surface area contributed by atoms with Crippen molar-refractivity contribution in [2.75, 3.05) is 13.1 Å². The van der Waals surface area contributed by atoms with Crippen LogP contribution in [0.5, 0.6) is 0 Å². The predicted molar refractivity (Wildman–Crippen MR) is 82.4 cm³/mol. The summed E-state index contributed by atoms with van der Waals surface area (Å²) in [5, 5.41) is 7.68. The second-order valence-electron chi connectivity index (χ2n) is 6.33. The molecule has 1 N–H and O–H groups in total. The molecular formula is C14H25ClN4O. The number of aromatic nitrogens is 2. The van der Waals surface area contributed by atoms with Crippen LogP contribution in [0.3, 0.4) is 0 Å². The monoisotopic (exact) mass is 300 g/mol. The molecule has 1 aliphatic heterocycles.